The van der Waals surface area contributed by atoms with E-state index in [1.165, 1.54) is 5.56 Å². The molecule has 27 heavy (non-hydrogen) atoms. The average molecular weight is 383 g/mol. The maximum absolute atomic E-state index is 13.2. The first-order valence-corrected chi connectivity index (χ1v) is 9.87. The molecule has 1 heterocycles. The number of carbonyl (C=O) groups is 2. The predicted octanol–water partition coefficient (Wildman–Crippen LogP) is 4.04. The molecular weight excluding hydrogens is 360 g/mol. The summed E-state index contributed by atoms with van der Waals surface area (Å²) in [5.74, 6) is -0.0263. The molecule has 1 aromatic carbocycles. The minimum Gasteiger partial charge on any atom is -0.341 e. The second-order valence-electron chi connectivity index (χ2n) is 8.87. The SMILES string of the molecule is CC1(C)C[C@@]2(C=C(C#N)C1=O)CCN(C(=O)C1CCc3cc(Cl)ccc31)C2. The summed E-state index contributed by atoms with van der Waals surface area (Å²) in [6.07, 6.45) is 5.04. The smallest absolute Gasteiger partial charge is 0.230 e. The molecule has 4 rings (SSSR count). The number of aryl methyl sites for hydroxylation is 1. The van der Waals surface area contributed by atoms with Gasteiger partial charge in [-0.1, -0.05) is 37.6 Å². The third-order valence-corrected chi connectivity index (χ3v) is 6.64. The van der Waals surface area contributed by atoms with Gasteiger partial charge in [-0.3, -0.25) is 9.59 Å². The Bertz CT molecular complexity index is 911. The van der Waals surface area contributed by atoms with Gasteiger partial charge in [-0.05, 0) is 48.9 Å². The number of benzene rings is 1. The lowest BCUT2D eigenvalue weighted by molar-refractivity contribution is -0.132. The van der Waals surface area contributed by atoms with Gasteiger partial charge in [-0.2, -0.15) is 5.26 Å². The molecule has 0 saturated carbocycles. The van der Waals surface area contributed by atoms with Crippen molar-refractivity contribution in [1.29, 1.82) is 5.26 Å². The number of rotatable bonds is 1. The van der Waals surface area contributed by atoms with E-state index in [4.69, 9.17) is 11.6 Å². The topological polar surface area (TPSA) is 61.2 Å². The first-order chi connectivity index (χ1) is 12.7. The number of nitriles is 1. The summed E-state index contributed by atoms with van der Waals surface area (Å²) in [6, 6.07) is 7.88. The van der Waals surface area contributed by atoms with Gasteiger partial charge in [0.2, 0.25) is 5.91 Å². The molecule has 1 aromatic rings. The molecule has 1 spiro atoms. The summed E-state index contributed by atoms with van der Waals surface area (Å²) in [6.45, 7) is 5.08. The zero-order chi connectivity index (χ0) is 19.4. The van der Waals surface area contributed by atoms with Crippen LogP contribution < -0.4 is 0 Å². The van der Waals surface area contributed by atoms with Crippen LogP contribution in [0.15, 0.2) is 29.8 Å². The van der Waals surface area contributed by atoms with Gasteiger partial charge in [0.15, 0.2) is 5.78 Å². The zero-order valence-electron chi connectivity index (χ0n) is 15.7. The van der Waals surface area contributed by atoms with Crippen LogP contribution in [-0.2, 0) is 16.0 Å². The number of allylic oxidation sites excluding steroid dienone is 1. The van der Waals surface area contributed by atoms with E-state index in [0.717, 1.165) is 24.8 Å². The van der Waals surface area contributed by atoms with Gasteiger partial charge in [0.25, 0.3) is 0 Å². The number of likely N-dealkylation sites (tertiary alicyclic amines) is 1. The molecule has 5 heteroatoms. The van der Waals surface area contributed by atoms with Gasteiger partial charge in [0, 0.05) is 28.9 Å². The highest BCUT2D eigenvalue weighted by molar-refractivity contribution is 6.30. The Hall–Kier alpha value is -2.12. The van der Waals surface area contributed by atoms with Gasteiger partial charge in [-0.25, -0.2) is 0 Å². The highest BCUT2D eigenvalue weighted by Gasteiger charge is 2.49. The van der Waals surface area contributed by atoms with Gasteiger partial charge in [-0.15, -0.1) is 0 Å². The molecule has 1 unspecified atom stereocenters. The molecule has 1 saturated heterocycles. The van der Waals surface area contributed by atoms with Crippen molar-refractivity contribution < 1.29 is 9.59 Å². The Balaban J connectivity index is 1.57. The van der Waals surface area contributed by atoms with Crippen molar-refractivity contribution >= 4 is 23.3 Å². The number of halogens is 1. The van der Waals surface area contributed by atoms with Crippen molar-refractivity contribution in [1.82, 2.24) is 4.90 Å². The Labute approximate surface area is 164 Å². The molecule has 0 N–H and O–H groups in total. The fourth-order valence-electron chi connectivity index (χ4n) is 5.24. The third kappa shape index (κ3) is 2.99. The molecule has 1 aliphatic heterocycles. The van der Waals surface area contributed by atoms with E-state index < -0.39 is 5.41 Å². The van der Waals surface area contributed by atoms with Crippen LogP contribution in [0.5, 0.6) is 0 Å². The molecular formula is C22H23ClN2O2. The summed E-state index contributed by atoms with van der Waals surface area (Å²) in [7, 11) is 0. The van der Waals surface area contributed by atoms with E-state index in [2.05, 4.69) is 6.07 Å². The number of fused-ring (bicyclic) bond motifs is 1. The maximum Gasteiger partial charge on any atom is 0.230 e. The molecule has 140 valence electrons. The van der Waals surface area contributed by atoms with Crippen molar-refractivity contribution in [3.05, 3.63) is 46.0 Å². The molecule has 3 aliphatic rings. The molecule has 0 aromatic heterocycles. The molecule has 1 amide bonds. The summed E-state index contributed by atoms with van der Waals surface area (Å²) in [4.78, 5) is 27.6. The van der Waals surface area contributed by atoms with Crippen LogP contribution in [0.1, 0.15) is 50.2 Å². The molecule has 0 bridgehead atoms. The van der Waals surface area contributed by atoms with Crippen molar-refractivity contribution in [2.45, 2.75) is 45.4 Å². The highest BCUT2D eigenvalue weighted by atomic mass is 35.5. The number of Topliss-reactive ketones (excluding diaryl/α,β-unsaturated/α-hetero) is 1. The van der Waals surface area contributed by atoms with Crippen molar-refractivity contribution in [3.8, 4) is 6.07 Å². The number of carbonyl (C=O) groups excluding carboxylic acids is 2. The second kappa shape index (κ2) is 6.21. The van der Waals surface area contributed by atoms with E-state index in [1.54, 1.807) is 0 Å². The van der Waals surface area contributed by atoms with Crippen molar-refractivity contribution in [2.75, 3.05) is 13.1 Å². The number of ketones is 1. The van der Waals surface area contributed by atoms with Crippen LogP contribution in [0.2, 0.25) is 5.02 Å². The fourth-order valence-corrected chi connectivity index (χ4v) is 5.43. The van der Waals surface area contributed by atoms with Gasteiger partial charge >= 0.3 is 0 Å². The maximum atomic E-state index is 13.2. The Morgan fingerprint density at radius 1 is 1.37 bits per heavy atom. The number of amides is 1. The van der Waals surface area contributed by atoms with Crippen LogP contribution >= 0.6 is 11.6 Å². The van der Waals surface area contributed by atoms with E-state index in [1.807, 2.05) is 43.0 Å². The molecule has 1 fully saturated rings. The quantitative estimate of drug-likeness (QED) is 0.736. The zero-order valence-corrected chi connectivity index (χ0v) is 16.5. The number of nitrogens with zero attached hydrogens (tertiary/aromatic N) is 2. The van der Waals surface area contributed by atoms with Crippen LogP contribution in [0.25, 0.3) is 0 Å². The molecule has 2 atom stereocenters. The van der Waals surface area contributed by atoms with Crippen LogP contribution in [0, 0.1) is 22.2 Å². The van der Waals surface area contributed by atoms with E-state index in [-0.39, 0.29) is 28.6 Å². The standard InChI is InChI=1S/C22H23ClN2O2/c1-21(2)12-22(10-15(11-24)19(21)26)7-8-25(13-22)20(27)18-5-3-14-9-16(23)4-6-17(14)18/h4,6,9-10,18H,3,5,7-8,12-13H2,1-2H3/t18?,22-/m0/s1. The minimum absolute atomic E-state index is 0.0815. The Morgan fingerprint density at radius 2 is 2.15 bits per heavy atom. The molecule has 0 radical (unpaired) electrons. The summed E-state index contributed by atoms with van der Waals surface area (Å²) in [5, 5.41) is 10.1. The predicted molar refractivity (Wildman–Crippen MR) is 103 cm³/mol. The highest BCUT2D eigenvalue weighted by Crippen LogP contribution is 2.48. The lowest BCUT2D eigenvalue weighted by Crippen LogP contribution is -2.41. The van der Waals surface area contributed by atoms with Crippen LogP contribution in [0.4, 0.5) is 0 Å². The number of hydrogen-bond donors (Lipinski definition) is 0. The third-order valence-electron chi connectivity index (χ3n) is 6.40. The Kier molecular flexibility index (Phi) is 4.20. The number of hydrogen-bond acceptors (Lipinski definition) is 3. The van der Waals surface area contributed by atoms with Gasteiger partial charge in [0.1, 0.15) is 6.07 Å². The normalized spacial score (nSPS) is 28.8. The first-order valence-electron chi connectivity index (χ1n) is 9.50. The van der Waals surface area contributed by atoms with Gasteiger partial charge in [0.05, 0.1) is 11.5 Å². The van der Waals surface area contributed by atoms with E-state index >= 15 is 0 Å². The minimum atomic E-state index is -0.560. The van der Waals surface area contributed by atoms with Crippen molar-refractivity contribution in [3.63, 3.8) is 0 Å². The lowest BCUT2D eigenvalue weighted by atomic mass is 9.64. The summed E-state index contributed by atoms with van der Waals surface area (Å²) in [5.41, 5.74) is 1.69. The fraction of sp³-hybridized carbons (Fsp3) is 0.500. The van der Waals surface area contributed by atoms with Crippen LogP contribution in [-0.4, -0.2) is 29.7 Å². The Morgan fingerprint density at radius 3 is 2.89 bits per heavy atom. The second-order valence-corrected chi connectivity index (χ2v) is 9.30. The van der Waals surface area contributed by atoms with E-state index in [0.29, 0.717) is 24.5 Å². The lowest BCUT2D eigenvalue weighted by Gasteiger charge is -2.38. The summed E-state index contributed by atoms with van der Waals surface area (Å²) < 4.78 is 0. The monoisotopic (exact) mass is 382 g/mol. The first kappa shape index (κ1) is 18.3. The molecule has 2 aliphatic carbocycles. The summed E-state index contributed by atoms with van der Waals surface area (Å²) >= 11 is 6.09. The van der Waals surface area contributed by atoms with Gasteiger partial charge < -0.3 is 4.90 Å². The average Bonchev–Trinajstić information content (AvgIpc) is 3.21. The van der Waals surface area contributed by atoms with E-state index in [9.17, 15) is 14.9 Å². The van der Waals surface area contributed by atoms with Crippen LogP contribution in [0.3, 0.4) is 0 Å². The van der Waals surface area contributed by atoms with Crippen molar-refractivity contribution in [2.24, 2.45) is 10.8 Å². The largest absolute Gasteiger partial charge is 0.341 e. The molecule has 4 nitrogen and oxygen atoms in total.